The first-order valence-corrected chi connectivity index (χ1v) is 6.20. The summed E-state index contributed by atoms with van der Waals surface area (Å²) in [6.07, 6.45) is 3.28. The fourth-order valence-electron chi connectivity index (χ4n) is 2.10. The number of carboxylic acids is 1. The van der Waals surface area contributed by atoms with Gasteiger partial charge in [0.25, 0.3) is 0 Å². The number of carbonyl (C=O) groups is 1. The van der Waals surface area contributed by atoms with E-state index < -0.39 is 5.97 Å². The van der Waals surface area contributed by atoms with Crippen LogP contribution in [0.1, 0.15) is 68.2 Å². The molecule has 1 N–H and O–H groups in total. The fourth-order valence-corrected chi connectivity index (χ4v) is 2.10. The van der Waals surface area contributed by atoms with Gasteiger partial charge < -0.3 is 5.11 Å². The Balaban J connectivity index is 2.41. The smallest absolute Gasteiger partial charge is 0.358 e. The average Bonchev–Trinajstić information content (AvgIpc) is 2.58. The topological polar surface area (TPSA) is 68.0 Å². The molecule has 0 aliphatic heterocycles. The van der Waals surface area contributed by atoms with Crippen LogP contribution in [0.25, 0.3) is 0 Å². The second kappa shape index (κ2) is 4.47. The van der Waals surface area contributed by atoms with Crippen molar-refractivity contribution in [2.45, 2.75) is 52.0 Å². The first kappa shape index (κ1) is 12.1. The maximum atomic E-state index is 11.2. The van der Waals surface area contributed by atoms with Crippen LogP contribution in [0.2, 0.25) is 0 Å². The molecule has 1 fully saturated rings. The zero-order valence-electron chi connectivity index (χ0n) is 10.6. The number of rotatable bonds is 4. The highest BCUT2D eigenvalue weighted by Crippen LogP contribution is 2.38. The molecule has 0 bridgehead atoms. The second-order valence-corrected chi connectivity index (χ2v) is 5.19. The Kier molecular flexibility index (Phi) is 3.17. The van der Waals surface area contributed by atoms with Gasteiger partial charge in [-0.05, 0) is 25.7 Å². The summed E-state index contributed by atoms with van der Waals surface area (Å²) in [7, 11) is 0. The summed E-state index contributed by atoms with van der Waals surface area (Å²) in [5.74, 6) is -0.219. The summed E-state index contributed by atoms with van der Waals surface area (Å²) < 4.78 is 1.82. The Bertz CT molecular complexity index is 421. The number of nitrogens with zero attached hydrogens (tertiary/aromatic N) is 3. The van der Waals surface area contributed by atoms with Gasteiger partial charge in [-0.3, -0.25) is 0 Å². The Morgan fingerprint density at radius 2 is 2.06 bits per heavy atom. The molecule has 1 unspecified atom stereocenters. The second-order valence-electron chi connectivity index (χ2n) is 5.19. The molecule has 0 spiro atoms. The number of hydrogen-bond acceptors (Lipinski definition) is 3. The Hall–Kier alpha value is -1.39. The quantitative estimate of drug-likeness (QED) is 0.873. The highest BCUT2D eigenvalue weighted by atomic mass is 16.4. The SMILES string of the molecule is CC(C)C(C)n1nnc(C(=O)O)c1C1CCC1. The van der Waals surface area contributed by atoms with Crippen LogP contribution >= 0.6 is 0 Å². The zero-order valence-corrected chi connectivity index (χ0v) is 10.6. The van der Waals surface area contributed by atoms with Crippen molar-refractivity contribution in [1.82, 2.24) is 15.0 Å². The van der Waals surface area contributed by atoms with E-state index in [0.29, 0.717) is 11.8 Å². The predicted molar refractivity (Wildman–Crippen MR) is 63.1 cm³/mol. The number of carboxylic acid groups (broad SMARTS) is 1. The molecule has 0 aromatic carbocycles. The lowest BCUT2D eigenvalue weighted by atomic mass is 9.81. The summed E-state index contributed by atoms with van der Waals surface area (Å²) in [6.45, 7) is 6.28. The summed E-state index contributed by atoms with van der Waals surface area (Å²) in [5, 5.41) is 17.0. The molecule has 1 aliphatic carbocycles. The van der Waals surface area contributed by atoms with Gasteiger partial charge in [-0.1, -0.05) is 25.5 Å². The molecule has 94 valence electrons. The molecular formula is C12H19N3O2. The first-order chi connectivity index (χ1) is 8.02. The third-order valence-electron chi connectivity index (χ3n) is 3.78. The lowest BCUT2D eigenvalue weighted by Gasteiger charge is -2.28. The van der Waals surface area contributed by atoms with Gasteiger partial charge in [0.05, 0.1) is 11.7 Å². The van der Waals surface area contributed by atoms with E-state index in [1.807, 2.05) is 4.68 Å². The molecule has 2 rings (SSSR count). The van der Waals surface area contributed by atoms with E-state index in [0.717, 1.165) is 18.5 Å². The third kappa shape index (κ3) is 2.06. The molecule has 1 aromatic heterocycles. The standard InChI is InChI=1S/C12H19N3O2/c1-7(2)8(3)15-11(9-5-4-6-9)10(12(16)17)13-14-15/h7-9H,4-6H2,1-3H3,(H,16,17). The summed E-state index contributed by atoms with van der Waals surface area (Å²) in [6, 6.07) is 0.186. The van der Waals surface area contributed by atoms with Gasteiger partial charge in [-0.15, -0.1) is 5.10 Å². The van der Waals surface area contributed by atoms with Crippen LogP contribution in [0.3, 0.4) is 0 Å². The van der Waals surface area contributed by atoms with E-state index >= 15 is 0 Å². The van der Waals surface area contributed by atoms with Crippen LogP contribution < -0.4 is 0 Å². The van der Waals surface area contributed by atoms with Crippen molar-refractivity contribution in [3.8, 4) is 0 Å². The Morgan fingerprint density at radius 1 is 1.41 bits per heavy atom. The van der Waals surface area contributed by atoms with Gasteiger partial charge in [0.15, 0.2) is 5.69 Å². The summed E-state index contributed by atoms with van der Waals surface area (Å²) in [5.41, 5.74) is 0.965. The maximum absolute atomic E-state index is 11.2. The Morgan fingerprint density at radius 3 is 2.47 bits per heavy atom. The molecule has 17 heavy (non-hydrogen) atoms. The normalized spacial score (nSPS) is 18.1. The van der Waals surface area contributed by atoms with E-state index in [4.69, 9.17) is 5.11 Å². The van der Waals surface area contributed by atoms with Gasteiger partial charge in [-0.2, -0.15) is 0 Å². The summed E-state index contributed by atoms with van der Waals surface area (Å²) >= 11 is 0. The van der Waals surface area contributed by atoms with Gasteiger partial charge >= 0.3 is 5.97 Å². The molecule has 5 nitrogen and oxygen atoms in total. The monoisotopic (exact) mass is 237 g/mol. The molecular weight excluding hydrogens is 218 g/mol. The predicted octanol–water partition coefficient (Wildman–Crippen LogP) is 2.46. The molecule has 0 radical (unpaired) electrons. The van der Waals surface area contributed by atoms with Gasteiger partial charge in [0.1, 0.15) is 0 Å². The van der Waals surface area contributed by atoms with Gasteiger partial charge in [0, 0.05) is 5.92 Å². The highest BCUT2D eigenvalue weighted by Gasteiger charge is 2.32. The maximum Gasteiger partial charge on any atom is 0.358 e. The molecule has 0 amide bonds. The van der Waals surface area contributed by atoms with Crippen LogP contribution in [0.5, 0.6) is 0 Å². The average molecular weight is 237 g/mol. The Labute approximate surface area is 101 Å². The van der Waals surface area contributed by atoms with Crippen molar-refractivity contribution in [2.75, 3.05) is 0 Å². The zero-order chi connectivity index (χ0) is 12.6. The van der Waals surface area contributed by atoms with E-state index in [2.05, 4.69) is 31.1 Å². The highest BCUT2D eigenvalue weighted by molar-refractivity contribution is 5.86. The first-order valence-electron chi connectivity index (χ1n) is 6.20. The molecule has 1 saturated carbocycles. The van der Waals surface area contributed by atoms with Crippen LogP contribution in [0, 0.1) is 5.92 Å². The van der Waals surface area contributed by atoms with Gasteiger partial charge in [-0.25, -0.2) is 9.48 Å². The number of aromatic carboxylic acids is 1. The van der Waals surface area contributed by atoms with Crippen LogP contribution in [-0.4, -0.2) is 26.1 Å². The lowest BCUT2D eigenvalue weighted by molar-refractivity contribution is 0.0687. The number of hydrogen-bond donors (Lipinski definition) is 1. The summed E-state index contributed by atoms with van der Waals surface area (Å²) in [4.78, 5) is 11.2. The third-order valence-corrected chi connectivity index (χ3v) is 3.78. The minimum absolute atomic E-state index is 0.141. The number of aromatic nitrogens is 3. The fraction of sp³-hybridized carbons (Fsp3) is 0.750. The molecule has 1 heterocycles. The molecule has 1 aromatic rings. The van der Waals surface area contributed by atoms with Crippen molar-refractivity contribution in [1.29, 1.82) is 0 Å². The lowest BCUT2D eigenvalue weighted by Crippen LogP contribution is -2.22. The van der Waals surface area contributed by atoms with Crippen LogP contribution in [-0.2, 0) is 0 Å². The van der Waals surface area contributed by atoms with E-state index in [-0.39, 0.29) is 11.7 Å². The largest absolute Gasteiger partial charge is 0.476 e. The molecule has 5 heteroatoms. The van der Waals surface area contributed by atoms with Crippen molar-refractivity contribution >= 4 is 5.97 Å². The van der Waals surface area contributed by atoms with Crippen molar-refractivity contribution in [2.24, 2.45) is 5.92 Å². The van der Waals surface area contributed by atoms with E-state index in [1.165, 1.54) is 6.42 Å². The molecule has 1 aliphatic rings. The molecule has 1 atom stereocenters. The minimum Gasteiger partial charge on any atom is -0.476 e. The van der Waals surface area contributed by atoms with Crippen LogP contribution in [0.15, 0.2) is 0 Å². The van der Waals surface area contributed by atoms with E-state index in [9.17, 15) is 4.79 Å². The minimum atomic E-state index is -0.964. The molecule has 0 saturated heterocycles. The van der Waals surface area contributed by atoms with Crippen LogP contribution in [0.4, 0.5) is 0 Å². The van der Waals surface area contributed by atoms with Gasteiger partial charge in [0.2, 0.25) is 0 Å². The van der Waals surface area contributed by atoms with Crippen molar-refractivity contribution in [3.63, 3.8) is 0 Å². The van der Waals surface area contributed by atoms with Crippen molar-refractivity contribution < 1.29 is 9.90 Å². The van der Waals surface area contributed by atoms with E-state index in [1.54, 1.807) is 0 Å². The van der Waals surface area contributed by atoms with Crippen molar-refractivity contribution in [3.05, 3.63) is 11.4 Å².